The smallest absolute Gasteiger partial charge is 0.243 e. The van der Waals surface area contributed by atoms with Crippen LogP contribution in [0, 0.1) is 6.92 Å². The molecule has 2 fully saturated rings. The number of carbonyl (C=O) groups excluding carboxylic acids is 2. The highest BCUT2D eigenvalue weighted by atomic mass is 32.2. The van der Waals surface area contributed by atoms with E-state index in [4.69, 9.17) is 5.73 Å². The molecule has 1 aliphatic heterocycles. The van der Waals surface area contributed by atoms with Crippen LogP contribution in [0.1, 0.15) is 73.2 Å². The molecule has 2 aromatic carbocycles. The van der Waals surface area contributed by atoms with E-state index >= 15 is 0 Å². The quantitative estimate of drug-likeness (QED) is 0.536. The van der Waals surface area contributed by atoms with Gasteiger partial charge in [-0.15, -0.1) is 0 Å². The van der Waals surface area contributed by atoms with Gasteiger partial charge in [0.1, 0.15) is 6.04 Å². The maximum absolute atomic E-state index is 13.8. The number of carbonyl (C=O) groups is 2. The van der Waals surface area contributed by atoms with E-state index < -0.39 is 22.0 Å². The molecule has 0 spiro atoms. The lowest BCUT2D eigenvalue weighted by Crippen LogP contribution is -2.60. The number of amides is 2. The highest BCUT2D eigenvalue weighted by Crippen LogP contribution is 2.37. The molecule has 1 heterocycles. The van der Waals surface area contributed by atoms with Crippen LogP contribution < -0.4 is 11.1 Å². The summed E-state index contributed by atoms with van der Waals surface area (Å²) in [5.41, 5.74) is 10.1. The van der Waals surface area contributed by atoms with Crippen LogP contribution in [0.25, 0.3) is 0 Å². The van der Waals surface area contributed by atoms with Gasteiger partial charge in [-0.3, -0.25) is 9.59 Å². The maximum atomic E-state index is 13.8. The first-order valence-electron chi connectivity index (χ1n) is 13.8. The lowest BCUT2D eigenvalue weighted by molar-refractivity contribution is -0.144. The summed E-state index contributed by atoms with van der Waals surface area (Å²) in [4.78, 5) is 27.7. The first-order valence-corrected chi connectivity index (χ1v) is 15.2. The molecule has 0 radical (unpaired) electrons. The monoisotopic (exact) mass is 538 g/mol. The van der Waals surface area contributed by atoms with Gasteiger partial charge in [-0.05, 0) is 67.9 Å². The first-order chi connectivity index (χ1) is 18.2. The largest absolute Gasteiger partial charge is 0.370 e. The van der Waals surface area contributed by atoms with E-state index in [1.807, 2.05) is 6.92 Å². The summed E-state index contributed by atoms with van der Waals surface area (Å²) in [7, 11) is -3.97. The number of primary amides is 1. The fourth-order valence-corrected chi connectivity index (χ4v) is 7.85. The van der Waals surface area contributed by atoms with Crippen molar-refractivity contribution in [2.45, 2.75) is 87.9 Å². The van der Waals surface area contributed by atoms with E-state index in [0.29, 0.717) is 6.04 Å². The molecule has 3 N–H and O–H groups in total. The van der Waals surface area contributed by atoms with Crippen LogP contribution in [0.2, 0.25) is 0 Å². The Morgan fingerprint density at radius 1 is 1.03 bits per heavy atom. The topological polar surface area (TPSA) is 113 Å². The average molecular weight is 539 g/mol. The van der Waals surface area contributed by atoms with Gasteiger partial charge in [0.25, 0.3) is 0 Å². The number of nitrogens with two attached hydrogens (primary N) is 1. The second-order valence-corrected chi connectivity index (χ2v) is 12.8. The molecule has 8 nitrogen and oxygen atoms in total. The molecule has 2 atom stereocenters. The fourth-order valence-electron chi connectivity index (χ4n) is 6.28. The van der Waals surface area contributed by atoms with Gasteiger partial charge in [-0.1, -0.05) is 48.7 Å². The van der Waals surface area contributed by atoms with Crippen molar-refractivity contribution in [1.29, 1.82) is 0 Å². The molecule has 38 heavy (non-hydrogen) atoms. The van der Waals surface area contributed by atoms with Gasteiger partial charge in [0.2, 0.25) is 21.8 Å². The zero-order chi connectivity index (χ0) is 26.9. The number of sulfonamides is 1. The van der Waals surface area contributed by atoms with Crippen LogP contribution in [0.4, 0.5) is 0 Å². The number of aryl methyl sites for hydroxylation is 2. The third-order valence-corrected chi connectivity index (χ3v) is 10.2. The fraction of sp³-hybridized carbons (Fsp3) is 0.517. The van der Waals surface area contributed by atoms with Crippen molar-refractivity contribution in [3.05, 3.63) is 64.7 Å². The number of piperazine rings is 1. The normalized spacial score (nSPS) is 23.0. The summed E-state index contributed by atoms with van der Waals surface area (Å²) in [6.45, 7) is 3.12. The Labute approximate surface area is 225 Å². The van der Waals surface area contributed by atoms with Crippen LogP contribution >= 0.6 is 0 Å². The van der Waals surface area contributed by atoms with Crippen molar-refractivity contribution in [2.24, 2.45) is 5.73 Å². The SMILES string of the molecule is Cc1ccc(S(=O)(=O)N2CCN([C@@H]3CCCc4cc(CNC5CCCC5)ccc43)C(=O)C2CC(N)=O)cc1. The first kappa shape index (κ1) is 26.8. The van der Waals surface area contributed by atoms with Crippen LogP contribution in [0.15, 0.2) is 47.4 Å². The molecular weight excluding hydrogens is 500 g/mol. The van der Waals surface area contributed by atoms with Crippen molar-refractivity contribution < 1.29 is 18.0 Å². The van der Waals surface area contributed by atoms with Gasteiger partial charge in [-0.2, -0.15) is 4.31 Å². The number of benzene rings is 2. The van der Waals surface area contributed by atoms with Crippen LogP contribution in [0.5, 0.6) is 0 Å². The Hall–Kier alpha value is -2.75. The summed E-state index contributed by atoms with van der Waals surface area (Å²) < 4.78 is 28.2. The Morgan fingerprint density at radius 2 is 1.76 bits per heavy atom. The van der Waals surface area contributed by atoms with Crippen LogP contribution in [-0.4, -0.2) is 54.6 Å². The lowest BCUT2D eigenvalue weighted by atomic mass is 9.85. The predicted octanol–water partition coefficient (Wildman–Crippen LogP) is 3.18. The highest BCUT2D eigenvalue weighted by molar-refractivity contribution is 7.89. The Morgan fingerprint density at radius 3 is 2.47 bits per heavy atom. The highest BCUT2D eigenvalue weighted by Gasteiger charge is 2.45. The Balaban J connectivity index is 1.37. The minimum Gasteiger partial charge on any atom is -0.370 e. The minimum absolute atomic E-state index is 0.112. The molecule has 2 aromatic rings. The molecule has 3 aliphatic rings. The molecule has 0 aromatic heterocycles. The van der Waals surface area contributed by atoms with Gasteiger partial charge in [0.05, 0.1) is 17.4 Å². The average Bonchev–Trinajstić information content (AvgIpc) is 3.42. The predicted molar refractivity (Wildman–Crippen MR) is 146 cm³/mol. The summed E-state index contributed by atoms with van der Waals surface area (Å²) in [6, 6.07) is 12.4. The van der Waals surface area contributed by atoms with E-state index in [1.54, 1.807) is 29.2 Å². The van der Waals surface area contributed by atoms with Crippen molar-refractivity contribution in [2.75, 3.05) is 13.1 Å². The van der Waals surface area contributed by atoms with E-state index in [0.717, 1.165) is 36.9 Å². The number of nitrogens with one attached hydrogen (secondary N) is 1. The minimum atomic E-state index is -3.97. The van der Waals surface area contributed by atoms with E-state index in [-0.39, 0.29) is 36.4 Å². The number of fused-ring (bicyclic) bond motifs is 1. The summed E-state index contributed by atoms with van der Waals surface area (Å²) in [6.07, 6.45) is 7.47. The molecular formula is C29H38N4O4S. The number of hydrogen-bond acceptors (Lipinski definition) is 5. The van der Waals surface area contributed by atoms with Gasteiger partial charge < -0.3 is 16.0 Å². The van der Waals surface area contributed by atoms with Crippen LogP contribution in [-0.2, 0) is 32.6 Å². The Bertz CT molecular complexity index is 1290. The standard InChI is InChI=1S/C29H38N4O4S/c1-20-9-12-24(13-10-20)38(36,37)33-16-15-32(29(35)27(33)18-28(30)34)26-8-4-5-22-17-21(11-14-25(22)26)19-31-23-6-2-3-7-23/h9-14,17,23,26-27,31H,2-8,15-16,18-19H2,1H3,(H2,30,34)/t26-,27?/m1/s1. The summed E-state index contributed by atoms with van der Waals surface area (Å²) >= 11 is 0. The maximum Gasteiger partial charge on any atom is 0.243 e. The second kappa shape index (κ2) is 11.2. The van der Waals surface area contributed by atoms with Crippen molar-refractivity contribution in [3.63, 3.8) is 0 Å². The zero-order valence-corrected chi connectivity index (χ0v) is 22.9. The van der Waals surface area contributed by atoms with Crippen molar-refractivity contribution in [3.8, 4) is 0 Å². The van der Waals surface area contributed by atoms with E-state index in [1.165, 1.54) is 41.1 Å². The number of hydrogen-bond donors (Lipinski definition) is 2. The number of nitrogens with zero attached hydrogens (tertiary/aromatic N) is 2. The molecule has 9 heteroatoms. The van der Waals surface area contributed by atoms with E-state index in [2.05, 4.69) is 23.5 Å². The summed E-state index contributed by atoms with van der Waals surface area (Å²) in [5.74, 6) is -1.05. The molecule has 2 aliphatic carbocycles. The molecule has 1 saturated carbocycles. The Kier molecular flexibility index (Phi) is 7.88. The van der Waals surface area contributed by atoms with Gasteiger partial charge in [0.15, 0.2) is 0 Å². The number of rotatable bonds is 8. The zero-order valence-electron chi connectivity index (χ0n) is 22.1. The molecule has 1 unspecified atom stereocenters. The molecule has 1 saturated heterocycles. The third kappa shape index (κ3) is 5.51. The summed E-state index contributed by atoms with van der Waals surface area (Å²) in [5, 5.41) is 3.68. The second-order valence-electron chi connectivity index (χ2n) is 11.0. The third-order valence-electron chi connectivity index (χ3n) is 8.32. The molecule has 0 bridgehead atoms. The lowest BCUT2D eigenvalue weighted by Gasteiger charge is -2.44. The van der Waals surface area contributed by atoms with Crippen molar-refractivity contribution >= 4 is 21.8 Å². The van der Waals surface area contributed by atoms with Gasteiger partial charge in [0, 0.05) is 25.7 Å². The van der Waals surface area contributed by atoms with E-state index in [9.17, 15) is 18.0 Å². The molecule has 2 amide bonds. The van der Waals surface area contributed by atoms with Gasteiger partial charge >= 0.3 is 0 Å². The van der Waals surface area contributed by atoms with Crippen molar-refractivity contribution in [1.82, 2.24) is 14.5 Å². The van der Waals surface area contributed by atoms with Gasteiger partial charge in [-0.25, -0.2) is 8.42 Å². The molecule has 204 valence electrons. The van der Waals surface area contributed by atoms with Crippen LogP contribution in [0.3, 0.4) is 0 Å². The molecule has 5 rings (SSSR count).